The number of benzene rings is 2. The quantitative estimate of drug-likeness (QED) is 0.263. The highest BCUT2D eigenvalue weighted by Gasteiger charge is 2.12. The Morgan fingerprint density at radius 2 is 1.79 bits per heavy atom. The maximum atomic E-state index is 13.9. The molecule has 0 unspecified atom stereocenters. The Hall–Kier alpha value is -2.80. The number of aromatic nitrogens is 2. The van der Waals surface area contributed by atoms with Crippen molar-refractivity contribution in [3.63, 3.8) is 0 Å². The van der Waals surface area contributed by atoms with Crippen LogP contribution in [0.5, 0.6) is 11.6 Å². The molecule has 1 aromatic heterocycles. The number of Topliss-reactive ketones (excluding diaryl/α,β-unsaturated/α-hetero) is 1. The molecule has 3 rings (SSSR count). The Morgan fingerprint density at radius 1 is 1.07 bits per heavy atom. The normalized spacial score (nSPS) is 11.0. The number of halogens is 2. The Morgan fingerprint density at radius 3 is 2.41 bits per heavy atom. The minimum Gasteiger partial charge on any atom is -0.439 e. The van der Waals surface area contributed by atoms with E-state index in [0.717, 1.165) is 11.8 Å². The maximum absolute atomic E-state index is 13.9. The summed E-state index contributed by atoms with van der Waals surface area (Å²) in [6, 6.07) is 12.0. The molecule has 0 aliphatic rings. The molecule has 0 aliphatic carbocycles. The molecule has 0 saturated heterocycles. The van der Waals surface area contributed by atoms with E-state index in [4.69, 9.17) is 4.74 Å². The monoisotopic (exact) mass is 414 g/mol. The van der Waals surface area contributed by atoms with Gasteiger partial charge in [-0.25, -0.2) is 13.8 Å². The number of ether oxygens (including phenoxy) is 1. The molecule has 4 nitrogen and oxygen atoms in total. The molecule has 29 heavy (non-hydrogen) atoms. The summed E-state index contributed by atoms with van der Waals surface area (Å²) in [5.74, 6) is 0.0841. The van der Waals surface area contributed by atoms with Crippen LogP contribution in [-0.4, -0.2) is 15.8 Å². The van der Waals surface area contributed by atoms with E-state index in [-0.39, 0.29) is 17.5 Å². The summed E-state index contributed by atoms with van der Waals surface area (Å²) < 4.78 is 32.8. The standard InChI is InChI=1S/C22H20F2N2O2S/c1-13(2)20-11-21(28-18-8-5-15(6-9-18)14(3)27)26-22(25-20)29-12-16-4-7-17(23)10-19(16)24/h4-11,13H,12H2,1-3H3. The van der Waals surface area contributed by atoms with Gasteiger partial charge in [0.15, 0.2) is 10.9 Å². The zero-order chi connectivity index (χ0) is 21.0. The van der Waals surface area contributed by atoms with Gasteiger partial charge in [0.05, 0.1) is 5.69 Å². The van der Waals surface area contributed by atoms with Crippen molar-refractivity contribution < 1.29 is 18.3 Å². The first-order chi connectivity index (χ1) is 13.8. The first-order valence-corrected chi connectivity index (χ1v) is 10.0. The molecule has 1 heterocycles. The minimum atomic E-state index is -0.610. The van der Waals surface area contributed by atoms with E-state index in [2.05, 4.69) is 9.97 Å². The smallest absolute Gasteiger partial charge is 0.223 e. The summed E-state index contributed by atoms with van der Waals surface area (Å²) >= 11 is 1.25. The van der Waals surface area contributed by atoms with E-state index < -0.39 is 11.6 Å². The lowest BCUT2D eigenvalue weighted by molar-refractivity contribution is 0.101. The summed E-state index contributed by atoms with van der Waals surface area (Å²) in [6.07, 6.45) is 0. The zero-order valence-corrected chi connectivity index (χ0v) is 17.1. The SMILES string of the molecule is CC(=O)c1ccc(Oc2cc(C(C)C)nc(SCc3ccc(F)cc3F)n2)cc1. The lowest BCUT2D eigenvalue weighted by atomic mass is 10.1. The van der Waals surface area contributed by atoms with E-state index in [0.29, 0.717) is 27.9 Å². The van der Waals surface area contributed by atoms with E-state index >= 15 is 0 Å². The third kappa shape index (κ3) is 5.60. The predicted octanol–water partition coefficient (Wildman–Crippen LogP) is 6.17. The van der Waals surface area contributed by atoms with Crippen LogP contribution in [0.25, 0.3) is 0 Å². The topological polar surface area (TPSA) is 52.1 Å². The van der Waals surface area contributed by atoms with E-state index in [1.165, 1.54) is 30.8 Å². The summed E-state index contributed by atoms with van der Waals surface area (Å²) in [5.41, 5.74) is 1.76. The number of nitrogens with zero attached hydrogens (tertiary/aromatic N) is 2. The Balaban J connectivity index is 1.80. The van der Waals surface area contributed by atoms with Crippen LogP contribution in [0.1, 0.15) is 48.3 Å². The Labute approximate surface area is 172 Å². The van der Waals surface area contributed by atoms with E-state index in [1.807, 2.05) is 13.8 Å². The van der Waals surface area contributed by atoms with Crippen molar-refractivity contribution in [2.24, 2.45) is 0 Å². The second-order valence-corrected chi connectivity index (χ2v) is 7.72. The van der Waals surface area contributed by atoms with Crippen LogP contribution in [0.2, 0.25) is 0 Å². The third-order valence-electron chi connectivity index (χ3n) is 4.15. The molecule has 150 valence electrons. The van der Waals surface area contributed by atoms with Crippen molar-refractivity contribution in [1.82, 2.24) is 9.97 Å². The van der Waals surface area contributed by atoms with Crippen molar-refractivity contribution in [3.8, 4) is 11.6 Å². The van der Waals surface area contributed by atoms with Crippen molar-refractivity contribution in [2.75, 3.05) is 0 Å². The highest BCUT2D eigenvalue weighted by atomic mass is 32.2. The zero-order valence-electron chi connectivity index (χ0n) is 16.3. The number of thioether (sulfide) groups is 1. The summed E-state index contributed by atoms with van der Waals surface area (Å²) in [7, 11) is 0. The number of hydrogen-bond donors (Lipinski definition) is 0. The summed E-state index contributed by atoms with van der Waals surface area (Å²) in [5, 5.41) is 0.440. The van der Waals surface area contributed by atoms with Gasteiger partial charge in [-0.15, -0.1) is 0 Å². The second-order valence-electron chi connectivity index (χ2n) is 6.78. The molecule has 0 fully saturated rings. The molecule has 0 spiro atoms. The van der Waals surface area contributed by atoms with Crippen LogP contribution in [0.15, 0.2) is 53.7 Å². The lowest BCUT2D eigenvalue weighted by Gasteiger charge is -2.11. The predicted molar refractivity (Wildman–Crippen MR) is 109 cm³/mol. The third-order valence-corrected chi connectivity index (χ3v) is 5.04. The number of hydrogen-bond acceptors (Lipinski definition) is 5. The van der Waals surface area contributed by atoms with Gasteiger partial charge in [-0.2, -0.15) is 4.98 Å². The van der Waals surface area contributed by atoms with Crippen LogP contribution in [0.4, 0.5) is 8.78 Å². The molecule has 0 amide bonds. The molecule has 0 N–H and O–H groups in total. The molecule has 0 atom stereocenters. The molecule has 7 heteroatoms. The summed E-state index contributed by atoms with van der Waals surface area (Å²) in [4.78, 5) is 20.3. The van der Waals surface area contributed by atoms with Gasteiger partial charge in [0, 0.05) is 23.4 Å². The molecule has 2 aromatic carbocycles. The molecular weight excluding hydrogens is 394 g/mol. The number of ketones is 1. The maximum Gasteiger partial charge on any atom is 0.223 e. The fourth-order valence-electron chi connectivity index (χ4n) is 2.49. The minimum absolute atomic E-state index is 0.0209. The molecular formula is C22H20F2N2O2S. The number of carbonyl (C=O) groups is 1. The van der Waals surface area contributed by atoms with Gasteiger partial charge in [0.1, 0.15) is 17.4 Å². The van der Waals surface area contributed by atoms with Crippen molar-refractivity contribution in [2.45, 2.75) is 37.6 Å². The molecule has 0 bridgehead atoms. The van der Waals surface area contributed by atoms with Crippen LogP contribution in [-0.2, 0) is 5.75 Å². The lowest BCUT2D eigenvalue weighted by Crippen LogP contribution is -2.00. The number of carbonyl (C=O) groups excluding carboxylic acids is 1. The largest absolute Gasteiger partial charge is 0.439 e. The fourth-order valence-corrected chi connectivity index (χ4v) is 3.34. The van der Waals surface area contributed by atoms with Crippen molar-refractivity contribution in [1.29, 1.82) is 0 Å². The number of rotatable bonds is 7. The van der Waals surface area contributed by atoms with Gasteiger partial charge in [0.2, 0.25) is 5.88 Å². The van der Waals surface area contributed by atoms with Gasteiger partial charge >= 0.3 is 0 Å². The molecule has 0 aliphatic heterocycles. The second kappa shape index (κ2) is 9.13. The first-order valence-electron chi connectivity index (χ1n) is 9.06. The van der Waals surface area contributed by atoms with Crippen LogP contribution in [0.3, 0.4) is 0 Å². The van der Waals surface area contributed by atoms with Crippen LogP contribution < -0.4 is 4.74 Å². The van der Waals surface area contributed by atoms with E-state index in [1.54, 1.807) is 30.3 Å². The summed E-state index contributed by atoms with van der Waals surface area (Å²) in [6.45, 7) is 5.51. The van der Waals surface area contributed by atoms with Gasteiger partial charge in [0.25, 0.3) is 0 Å². The first kappa shape index (κ1) is 20.9. The van der Waals surface area contributed by atoms with Crippen LogP contribution >= 0.6 is 11.8 Å². The average Bonchev–Trinajstić information content (AvgIpc) is 2.67. The van der Waals surface area contributed by atoms with Crippen molar-refractivity contribution >= 4 is 17.5 Å². The van der Waals surface area contributed by atoms with Gasteiger partial charge in [-0.1, -0.05) is 31.7 Å². The molecule has 3 aromatic rings. The Bertz CT molecular complexity index is 1020. The van der Waals surface area contributed by atoms with Gasteiger partial charge in [-0.05, 0) is 48.7 Å². The fraction of sp³-hybridized carbons (Fsp3) is 0.227. The van der Waals surface area contributed by atoms with Gasteiger partial charge in [-0.3, -0.25) is 4.79 Å². The van der Waals surface area contributed by atoms with Gasteiger partial charge < -0.3 is 4.74 Å². The highest BCUT2D eigenvalue weighted by molar-refractivity contribution is 7.98. The Kier molecular flexibility index (Phi) is 6.59. The average molecular weight is 414 g/mol. The highest BCUT2D eigenvalue weighted by Crippen LogP contribution is 2.28. The molecule has 0 radical (unpaired) electrons. The van der Waals surface area contributed by atoms with E-state index in [9.17, 15) is 13.6 Å². The van der Waals surface area contributed by atoms with Crippen molar-refractivity contribution in [3.05, 3.63) is 77.0 Å². The molecule has 0 saturated carbocycles. The van der Waals surface area contributed by atoms with Crippen LogP contribution in [0, 0.1) is 11.6 Å².